The van der Waals surface area contributed by atoms with Crippen LogP contribution in [0.25, 0.3) is 0 Å². The molecule has 100 valence electrons. The lowest BCUT2D eigenvalue weighted by Gasteiger charge is -2.32. The molecule has 0 heterocycles. The van der Waals surface area contributed by atoms with Gasteiger partial charge in [0.2, 0.25) is 0 Å². The molecule has 3 heteroatoms. The Morgan fingerprint density at radius 2 is 1.65 bits per heavy atom. The van der Waals surface area contributed by atoms with Gasteiger partial charge in [0.15, 0.2) is 0 Å². The molecule has 0 bridgehead atoms. The van der Waals surface area contributed by atoms with Gasteiger partial charge in [0.1, 0.15) is 0 Å². The van der Waals surface area contributed by atoms with Crippen LogP contribution in [0.2, 0.25) is 0 Å². The summed E-state index contributed by atoms with van der Waals surface area (Å²) in [7, 11) is 0. The van der Waals surface area contributed by atoms with Crippen LogP contribution in [0.15, 0.2) is 0 Å². The summed E-state index contributed by atoms with van der Waals surface area (Å²) in [6.07, 6.45) is 4.75. The third-order valence-electron chi connectivity index (χ3n) is 3.54. The number of urea groups is 1. The molecule has 2 amide bonds. The largest absolute Gasteiger partial charge is 0.335 e. The van der Waals surface area contributed by atoms with Crippen molar-refractivity contribution in [1.82, 2.24) is 10.6 Å². The molecule has 0 radical (unpaired) electrons. The highest BCUT2D eigenvalue weighted by atomic mass is 16.2. The van der Waals surface area contributed by atoms with Gasteiger partial charge in [-0.05, 0) is 58.3 Å². The Morgan fingerprint density at radius 1 is 1.12 bits per heavy atom. The molecule has 1 rings (SSSR count). The van der Waals surface area contributed by atoms with Crippen LogP contribution in [-0.2, 0) is 0 Å². The monoisotopic (exact) mass is 240 g/mol. The molecule has 0 aromatic heterocycles. The molecule has 2 N–H and O–H groups in total. The van der Waals surface area contributed by atoms with Crippen molar-refractivity contribution in [3.8, 4) is 0 Å². The van der Waals surface area contributed by atoms with E-state index in [0.717, 1.165) is 24.7 Å². The van der Waals surface area contributed by atoms with Crippen LogP contribution in [-0.4, -0.2) is 17.6 Å². The number of hydrogen-bond donors (Lipinski definition) is 2. The number of carbonyl (C=O) groups excluding carboxylic acids is 1. The molecule has 17 heavy (non-hydrogen) atoms. The summed E-state index contributed by atoms with van der Waals surface area (Å²) < 4.78 is 0. The van der Waals surface area contributed by atoms with Crippen molar-refractivity contribution >= 4 is 6.03 Å². The van der Waals surface area contributed by atoms with E-state index >= 15 is 0 Å². The van der Waals surface area contributed by atoms with Crippen molar-refractivity contribution in [2.45, 2.75) is 71.9 Å². The number of nitrogens with one attached hydrogen (secondary N) is 2. The molecule has 0 aromatic rings. The maximum Gasteiger partial charge on any atom is 0.315 e. The van der Waals surface area contributed by atoms with Gasteiger partial charge in [-0.25, -0.2) is 4.79 Å². The second-order valence-electron chi connectivity index (χ2n) is 6.70. The summed E-state index contributed by atoms with van der Waals surface area (Å²) in [4.78, 5) is 11.7. The molecule has 0 unspecified atom stereocenters. The second kappa shape index (κ2) is 5.74. The quantitative estimate of drug-likeness (QED) is 0.764. The molecule has 1 saturated carbocycles. The minimum absolute atomic E-state index is 0.0227. The first kappa shape index (κ1) is 14.3. The molecule has 0 spiro atoms. The van der Waals surface area contributed by atoms with E-state index in [0.29, 0.717) is 6.04 Å². The highest BCUT2D eigenvalue weighted by Gasteiger charge is 2.24. The van der Waals surface area contributed by atoms with Crippen molar-refractivity contribution in [2.24, 2.45) is 11.8 Å². The van der Waals surface area contributed by atoms with Crippen molar-refractivity contribution < 1.29 is 4.79 Å². The fourth-order valence-corrected chi connectivity index (χ4v) is 2.49. The summed E-state index contributed by atoms with van der Waals surface area (Å²) >= 11 is 0. The minimum atomic E-state index is -0.154. The van der Waals surface area contributed by atoms with E-state index in [2.05, 4.69) is 24.5 Å². The molecule has 1 fully saturated rings. The predicted octanol–water partition coefficient (Wildman–Crippen LogP) is 3.30. The van der Waals surface area contributed by atoms with E-state index in [-0.39, 0.29) is 11.6 Å². The van der Waals surface area contributed by atoms with E-state index in [1.165, 1.54) is 12.8 Å². The van der Waals surface area contributed by atoms with E-state index in [9.17, 15) is 4.79 Å². The van der Waals surface area contributed by atoms with Gasteiger partial charge < -0.3 is 10.6 Å². The van der Waals surface area contributed by atoms with E-state index in [1.807, 2.05) is 20.8 Å². The number of rotatable bonds is 2. The zero-order valence-electron chi connectivity index (χ0n) is 12.0. The Kier molecular flexibility index (Phi) is 4.84. The summed E-state index contributed by atoms with van der Waals surface area (Å²) in [5, 5.41) is 6.04. The third-order valence-corrected chi connectivity index (χ3v) is 3.54. The maximum absolute atomic E-state index is 11.7. The van der Waals surface area contributed by atoms with Crippen molar-refractivity contribution in [3.63, 3.8) is 0 Å². The van der Waals surface area contributed by atoms with Gasteiger partial charge in [-0.3, -0.25) is 0 Å². The first-order valence-corrected chi connectivity index (χ1v) is 6.86. The molecule has 0 aromatic carbocycles. The molecule has 0 saturated heterocycles. The Morgan fingerprint density at radius 3 is 2.06 bits per heavy atom. The fraction of sp³-hybridized carbons (Fsp3) is 0.929. The molecule has 0 aliphatic heterocycles. The number of amides is 2. The van der Waals surface area contributed by atoms with Crippen molar-refractivity contribution in [3.05, 3.63) is 0 Å². The Bertz CT molecular complexity index is 247. The lowest BCUT2D eigenvalue weighted by molar-refractivity contribution is 0.210. The Hall–Kier alpha value is -0.730. The van der Waals surface area contributed by atoms with Gasteiger partial charge >= 0.3 is 6.03 Å². The summed E-state index contributed by atoms with van der Waals surface area (Å²) in [5.74, 6) is 1.62. The van der Waals surface area contributed by atoms with Crippen LogP contribution < -0.4 is 10.6 Å². The highest BCUT2D eigenvalue weighted by molar-refractivity contribution is 5.74. The van der Waals surface area contributed by atoms with E-state index in [1.54, 1.807) is 0 Å². The lowest BCUT2D eigenvalue weighted by atomic mass is 9.80. The third kappa shape index (κ3) is 5.42. The number of carbonyl (C=O) groups is 1. The predicted molar refractivity (Wildman–Crippen MR) is 72.0 cm³/mol. The fourth-order valence-electron chi connectivity index (χ4n) is 2.49. The summed E-state index contributed by atoms with van der Waals surface area (Å²) in [6, 6.07) is 0.345. The Labute approximate surface area is 106 Å². The van der Waals surface area contributed by atoms with Crippen LogP contribution in [0.4, 0.5) is 4.79 Å². The SMILES string of the molecule is CC(C)C1CCC(NC(=O)NC(C)(C)C)CC1. The second-order valence-corrected chi connectivity index (χ2v) is 6.70. The topological polar surface area (TPSA) is 41.1 Å². The zero-order chi connectivity index (χ0) is 13.1. The molecular formula is C14H28N2O. The van der Waals surface area contributed by atoms with Crippen LogP contribution in [0.5, 0.6) is 0 Å². The van der Waals surface area contributed by atoms with Gasteiger partial charge in [-0.2, -0.15) is 0 Å². The first-order chi connectivity index (χ1) is 7.78. The lowest BCUT2D eigenvalue weighted by Crippen LogP contribution is -2.50. The van der Waals surface area contributed by atoms with Crippen LogP contribution in [0, 0.1) is 11.8 Å². The molecule has 1 aliphatic rings. The average Bonchev–Trinajstić information content (AvgIpc) is 2.15. The minimum Gasteiger partial charge on any atom is -0.335 e. The first-order valence-electron chi connectivity index (χ1n) is 6.86. The van der Waals surface area contributed by atoms with Crippen LogP contribution in [0.3, 0.4) is 0 Å². The molecular weight excluding hydrogens is 212 g/mol. The van der Waals surface area contributed by atoms with Crippen LogP contribution in [0.1, 0.15) is 60.3 Å². The maximum atomic E-state index is 11.7. The average molecular weight is 240 g/mol. The highest BCUT2D eigenvalue weighted by Crippen LogP contribution is 2.29. The van der Waals surface area contributed by atoms with Gasteiger partial charge in [-0.15, -0.1) is 0 Å². The molecule has 0 atom stereocenters. The van der Waals surface area contributed by atoms with Gasteiger partial charge in [0.25, 0.3) is 0 Å². The Balaban J connectivity index is 2.29. The molecule has 3 nitrogen and oxygen atoms in total. The van der Waals surface area contributed by atoms with E-state index in [4.69, 9.17) is 0 Å². The smallest absolute Gasteiger partial charge is 0.315 e. The van der Waals surface area contributed by atoms with Gasteiger partial charge in [-0.1, -0.05) is 13.8 Å². The standard InChI is InChI=1S/C14H28N2O/c1-10(2)11-6-8-12(9-7-11)15-13(17)16-14(3,4)5/h10-12H,6-9H2,1-5H3,(H2,15,16,17). The normalized spacial score (nSPS) is 25.8. The van der Waals surface area contributed by atoms with E-state index < -0.39 is 0 Å². The molecule has 1 aliphatic carbocycles. The van der Waals surface area contributed by atoms with Crippen molar-refractivity contribution in [2.75, 3.05) is 0 Å². The van der Waals surface area contributed by atoms with Crippen LogP contribution >= 0.6 is 0 Å². The number of hydrogen-bond acceptors (Lipinski definition) is 1. The summed E-state index contributed by atoms with van der Waals surface area (Å²) in [5.41, 5.74) is -0.154. The van der Waals surface area contributed by atoms with Gasteiger partial charge in [0.05, 0.1) is 0 Å². The van der Waals surface area contributed by atoms with Gasteiger partial charge in [0, 0.05) is 11.6 Å². The van der Waals surface area contributed by atoms with Crippen molar-refractivity contribution in [1.29, 1.82) is 0 Å². The zero-order valence-corrected chi connectivity index (χ0v) is 12.0. The summed E-state index contributed by atoms with van der Waals surface area (Å²) in [6.45, 7) is 10.6.